The summed E-state index contributed by atoms with van der Waals surface area (Å²) in [7, 11) is 1.66. The molecule has 0 fully saturated rings. The fourth-order valence-electron chi connectivity index (χ4n) is 2.82. The molecule has 30 heavy (non-hydrogen) atoms. The van der Waals surface area contributed by atoms with E-state index in [1.165, 1.54) is 41.5 Å². The fraction of sp³-hybridized carbons (Fsp3) is 0.300. The number of carbonyl (C=O) groups is 6. The minimum absolute atomic E-state index is 0.0254. The first kappa shape index (κ1) is 23.6. The molecule has 0 N–H and O–H groups in total. The van der Waals surface area contributed by atoms with Crippen LogP contribution in [0.25, 0.3) is 0 Å². The largest absolute Gasteiger partial charge is 0.444 e. The smallest absolute Gasteiger partial charge is 0.195 e. The quantitative estimate of drug-likeness (QED) is 0.384. The Bertz CT molecular complexity index is 1030. The van der Waals surface area contributed by atoms with E-state index in [0.717, 1.165) is 21.6 Å². The topological polar surface area (TPSA) is 129 Å². The van der Waals surface area contributed by atoms with E-state index < -0.39 is 34.7 Å². The summed E-state index contributed by atoms with van der Waals surface area (Å²) < 4.78 is 10.9. The summed E-state index contributed by atoms with van der Waals surface area (Å²) in [6, 6.07) is 0. The van der Waals surface area contributed by atoms with Crippen molar-refractivity contribution in [3.63, 3.8) is 0 Å². The predicted octanol–water partition coefficient (Wildman–Crippen LogP) is 4.89. The van der Waals surface area contributed by atoms with Crippen LogP contribution in [0.4, 0.5) is 0 Å². The average molecular weight is 450 g/mol. The third-order valence-electron chi connectivity index (χ3n) is 3.99. The molecule has 0 aliphatic rings. The maximum absolute atomic E-state index is 12.1. The first-order chi connectivity index (χ1) is 13.9. The molecular formula is C20H18O8S2. The normalized spacial score (nSPS) is 10.7. The molecule has 2 aromatic rings. The molecule has 8 nitrogen and oxygen atoms in total. The summed E-state index contributed by atoms with van der Waals surface area (Å²) in [4.78, 5) is 72.0. The fourth-order valence-corrected chi connectivity index (χ4v) is 5.02. The molecule has 0 saturated heterocycles. The van der Waals surface area contributed by atoms with Gasteiger partial charge in [-0.1, -0.05) is 0 Å². The van der Waals surface area contributed by atoms with Gasteiger partial charge in [0.2, 0.25) is 0 Å². The van der Waals surface area contributed by atoms with Gasteiger partial charge in [-0.2, -0.15) is 0 Å². The van der Waals surface area contributed by atoms with Crippen molar-refractivity contribution in [2.75, 3.05) is 0 Å². The van der Waals surface area contributed by atoms with E-state index in [1.807, 2.05) is 0 Å². The monoisotopic (exact) mass is 450 g/mol. The number of carbonyl (C=O) groups excluding carboxylic acids is 6. The van der Waals surface area contributed by atoms with E-state index in [0.29, 0.717) is 0 Å². The predicted molar refractivity (Wildman–Crippen MR) is 109 cm³/mol. The number of hydrogen-bond donors (Lipinski definition) is 0. The van der Waals surface area contributed by atoms with E-state index >= 15 is 0 Å². The Labute approximate surface area is 179 Å². The van der Waals surface area contributed by atoms with Gasteiger partial charge in [0.1, 0.15) is 0 Å². The number of hydrogen-bond acceptors (Lipinski definition) is 10. The molecule has 2 aromatic heterocycles. The summed E-state index contributed by atoms with van der Waals surface area (Å²) in [6.45, 7) is 7.29. The van der Waals surface area contributed by atoms with Crippen LogP contribution in [-0.2, 0) is 0 Å². The molecular weight excluding hydrogens is 432 g/mol. The van der Waals surface area contributed by atoms with Gasteiger partial charge in [0.15, 0.2) is 56.4 Å². The van der Waals surface area contributed by atoms with Crippen molar-refractivity contribution >= 4 is 56.3 Å². The molecule has 0 saturated carbocycles. The highest BCUT2D eigenvalue weighted by atomic mass is 33.1. The number of furan rings is 2. The van der Waals surface area contributed by atoms with Gasteiger partial charge in [0.05, 0.1) is 22.3 Å². The van der Waals surface area contributed by atoms with Crippen molar-refractivity contribution < 1.29 is 37.6 Å². The summed E-state index contributed by atoms with van der Waals surface area (Å²) in [5.41, 5.74) is -0.337. The van der Waals surface area contributed by atoms with Crippen LogP contribution < -0.4 is 0 Å². The summed E-state index contributed by atoms with van der Waals surface area (Å²) in [5, 5.41) is -0.0508. The van der Waals surface area contributed by atoms with Crippen molar-refractivity contribution in [3.05, 3.63) is 33.8 Å². The molecule has 0 unspecified atom stereocenters. The molecule has 158 valence electrons. The van der Waals surface area contributed by atoms with Gasteiger partial charge in [-0.3, -0.25) is 28.8 Å². The first-order valence-corrected chi connectivity index (χ1v) is 10.8. The summed E-state index contributed by atoms with van der Waals surface area (Å²) in [5.74, 6) is -3.53. The molecule has 0 bridgehead atoms. The Morgan fingerprint density at radius 3 is 0.933 bits per heavy atom. The molecule has 0 radical (unpaired) electrons. The van der Waals surface area contributed by atoms with Crippen LogP contribution in [-0.4, -0.2) is 34.7 Å². The third kappa shape index (κ3) is 4.39. The molecule has 2 rings (SSSR count). The molecule has 0 aliphatic heterocycles. The lowest BCUT2D eigenvalue weighted by molar-refractivity contribution is 0.0956. The van der Waals surface area contributed by atoms with Crippen molar-refractivity contribution in [1.29, 1.82) is 0 Å². The van der Waals surface area contributed by atoms with Crippen LogP contribution in [0.1, 0.15) is 104 Å². The minimum atomic E-state index is -0.528. The second-order valence-electron chi connectivity index (χ2n) is 6.44. The van der Waals surface area contributed by atoms with Gasteiger partial charge in [-0.05, 0) is 49.3 Å². The van der Waals surface area contributed by atoms with Crippen molar-refractivity contribution in [1.82, 2.24) is 0 Å². The maximum Gasteiger partial charge on any atom is 0.195 e. The van der Waals surface area contributed by atoms with Gasteiger partial charge in [0.25, 0.3) is 0 Å². The molecule has 0 amide bonds. The van der Waals surface area contributed by atoms with E-state index in [4.69, 9.17) is 8.83 Å². The number of ketones is 6. The second-order valence-corrected chi connectivity index (χ2v) is 8.52. The van der Waals surface area contributed by atoms with Crippen LogP contribution in [0.3, 0.4) is 0 Å². The van der Waals surface area contributed by atoms with Gasteiger partial charge < -0.3 is 8.83 Å². The highest BCUT2D eigenvalue weighted by Crippen LogP contribution is 2.45. The molecule has 0 aliphatic carbocycles. The Hall–Kier alpha value is -2.72. The Balaban J connectivity index is 2.60. The standard InChI is InChI=1S/C20H18O8S2/c1-7(21)13-15(9(3)23)19(27-17(13)11(5)25)29-30-20-16(10(4)24)14(8(2)22)18(28-20)12(6)26/h1-6H3. The van der Waals surface area contributed by atoms with Crippen LogP contribution in [0.5, 0.6) is 0 Å². The minimum Gasteiger partial charge on any atom is -0.444 e. The van der Waals surface area contributed by atoms with E-state index in [1.54, 1.807) is 0 Å². The zero-order chi connectivity index (χ0) is 22.9. The van der Waals surface area contributed by atoms with E-state index in [2.05, 4.69) is 0 Å². The van der Waals surface area contributed by atoms with Crippen LogP contribution in [0, 0.1) is 0 Å². The number of rotatable bonds is 9. The van der Waals surface area contributed by atoms with Gasteiger partial charge in [-0.25, -0.2) is 0 Å². The average Bonchev–Trinajstić information content (AvgIpc) is 3.19. The molecule has 10 heteroatoms. The van der Waals surface area contributed by atoms with Crippen molar-refractivity contribution in [3.8, 4) is 0 Å². The lowest BCUT2D eigenvalue weighted by Crippen LogP contribution is -2.06. The Morgan fingerprint density at radius 1 is 0.467 bits per heavy atom. The molecule has 0 spiro atoms. The van der Waals surface area contributed by atoms with E-state index in [9.17, 15) is 28.8 Å². The Kier molecular flexibility index (Phi) is 7.04. The molecule has 0 aromatic carbocycles. The lowest BCUT2D eigenvalue weighted by Gasteiger charge is -2.01. The van der Waals surface area contributed by atoms with E-state index in [-0.39, 0.29) is 44.0 Å². The van der Waals surface area contributed by atoms with Crippen molar-refractivity contribution in [2.24, 2.45) is 0 Å². The zero-order valence-electron chi connectivity index (χ0n) is 17.1. The molecule has 2 heterocycles. The molecule has 0 atom stereocenters. The number of Topliss-reactive ketones (excluding diaryl/α,β-unsaturated/α-hetero) is 6. The lowest BCUT2D eigenvalue weighted by atomic mass is 10.0. The third-order valence-corrected chi connectivity index (χ3v) is 6.11. The van der Waals surface area contributed by atoms with Gasteiger partial charge in [0, 0.05) is 13.8 Å². The van der Waals surface area contributed by atoms with Crippen LogP contribution in [0.15, 0.2) is 19.0 Å². The second kappa shape index (κ2) is 8.97. The highest BCUT2D eigenvalue weighted by Gasteiger charge is 2.32. The summed E-state index contributed by atoms with van der Waals surface area (Å²) in [6.07, 6.45) is 0. The van der Waals surface area contributed by atoms with Crippen LogP contribution >= 0.6 is 21.6 Å². The Morgan fingerprint density at radius 2 is 0.733 bits per heavy atom. The summed E-state index contributed by atoms with van der Waals surface area (Å²) >= 11 is 0. The van der Waals surface area contributed by atoms with Gasteiger partial charge in [-0.15, -0.1) is 0 Å². The zero-order valence-corrected chi connectivity index (χ0v) is 18.7. The SMILES string of the molecule is CC(=O)c1oc(SSc2oc(C(C)=O)c(C(C)=O)c2C(C)=O)c(C(C)=O)c1C(C)=O. The van der Waals surface area contributed by atoms with Crippen molar-refractivity contribution in [2.45, 2.75) is 51.7 Å². The van der Waals surface area contributed by atoms with Crippen LogP contribution in [0.2, 0.25) is 0 Å². The van der Waals surface area contributed by atoms with Gasteiger partial charge >= 0.3 is 0 Å². The first-order valence-electron chi connectivity index (χ1n) is 8.62. The maximum atomic E-state index is 12.1. The highest BCUT2D eigenvalue weighted by molar-refractivity contribution is 8.76.